The number of imidazole rings is 1. The maximum Gasteiger partial charge on any atom is 0.237 e. The first-order valence-corrected chi connectivity index (χ1v) is 8.40. The van der Waals surface area contributed by atoms with Gasteiger partial charge in [-0.05, 0) is 11.6 Å². The number of pyridine rings is 1. The van der Waals surface area contributed by atoms with Crippen molar-refractivity contribution < 1.29 is 4.79 Å². The highest BCUT2D eigenvalue weighted by Crippen LogP contribution is 2.32. The number of fused-ring (bicyclic) bond motifs is 1. The van der Waals surface area contributed by atoms with Gasteiger partial charge in [0.05, 0.1) is 24.6 Å². The molecule has 25 heavy (non-hydrogen) atoms. The Bertz CT molecular complexity index is 729. The number of H-pyrrole nitrogens is 1. The largest absolute Gasteiger partial charge is 0.348 e. The highest BCUT2D eigenvalue weighted by Gasteiger charge is 2.32. The summed E-state index contributed by atoms with van der Waals surface area (Å²) < 4.78 is 0. The van der Waals surface area contributed by atoms with Gasteiger partial charge < -0.3 is 9.88 Å². The number of amides is 1. The highest BCUT2D eigenvalue weighted by atomic mass is 16.2. The standard InChI is InChI=1S/C19H23N5O/c1-3-9-23(10-4-2)17(25)13-24-11-7-16-18(22-14-21-16)19(24)15-6-5-8-20-12-15/h3-6,8,12,14,19H,1-2,7,9-11,13H2,(H,21,22)/t19-/m0/s1. The summed E-state index contributed by atoms with van der Waals surface area (Å²) >= 11 is 0. The van der Waals surface area contributed by atoms with Gasteiger partial charge in [-0.25, -0.2) is 4.98 Å². The molecular formula is C19H23N5O. The molecule has 1 aliphatic heterocycles. The summed E-state index contributed by atoms with van der Waals surface area (Å²) in [5.41, 5.74) is 3.15. The third kappa shape index (κ3) is 3.69. The Hall–Kier alpha value is -2.73. The van der Waals surface area contributed by atoms with E-state index in [1.807, 2.05) is 18.3 Å². The van der Waals surface area contributed by atoms with Crippen LogP contribution in [0.15, 0.2) is 56.2 Å². The molecule has 1 atom stereocenters. The molecule has 0 saturated carbocycles. The summed E-state index contributed by atoms with van der Waals surface area (Å²) in [6.45, 7) is 9.62. The molecule has 1 N–H and O–H groups in total. The predicted octanol–water partition coefficient (Wildman–Crippen LogP) is 1.95. The second-order valence-corrected chi connectivity index (χ2v) is 6.05. The molecule has 0 saturated heterocycles. The fourth-order valence-electron chi connectivity index (χ4n) is 3.27. The van der Waals surface area contributed by atoms with Crippen molar-refractivity contribution in [2.45, 2.75) is 12.5 Å². The Morgan fingerprint density at radius 1 is 1.40 bits per heavy atom. The van der Waals surface area contributed by atoms with E-state index in [1.54, 1.807) is 29.6 Å². The van der Waals surface area contributed by atoms with Crippen molar-refractivity contribution in [3.8, 4) is 0 Å². The number of hydrogen-bond acceptors (Lipinski definition) is 4. The van der Waals surface area contributed by atoms with Gasteiger partial charge in [0.1, 0.15) is 0 Å². The van der Waals surface area contributed by atoms with Crippen LogP contribution in [0.4, 0.5) is 0 Å². The van der Waals surface area contributed by atoms with Crippen LogP contribution in [0.5, 0.6) is 0 Å². The molecule has 0 aliphatic carbocycles. The third-order valence-electron chi connectivity index (χ3n) is 4.41. The molecular weight excluding hydrogens is 314 g/mol. The van der Waals surface area contributed by atoms with Gasteiger partial charge in [-0.15, -0.1) is 13.2 Å². The summed E-state index contributed by atoms with van der Waals surface area (Å²) in [4.78, 5) is 28.6. The van der Waals surface area contributed by atoms with E-state index in [0.717, 1.165) is 29.9 Å². The molecule has 0 bridgehead atoms. The third-order valence-corrected chi connectivity index (χ3v) is 4.41. The minimum Gasteiger partial charge on any atom is -0.348 e. The zero-order chi connectivity index (χ0) is 17.6. The second-order valence-electron chi connectivity index (χ2n) is 6.05. The Morgan fingerprint density at radius 3 is 2.88 bits per heavy atom. The number of hydrogen-bond donors (Lipinski definition) is 1. The molecule has 6 nitrogen and oxygen atoms in total. The molecule has 0 unspecified atom stereocenters. The molecule has 3 rings (SSSR count). The Kier molecular flexibility index (Phi) is 5.40. The zero-order valence-electron chi connectivity index (χ0n) is 14.3. The van der Waals surface area contributed by atoms with E-state index in [0.29, 0.717) is 19.6 Å². The molecule has 6 heteroatoms. The number of carbonyl (C=O) groups excluding carboxylic acids is 1. The van der Waals surface area contributed by atoms with Crippen molar-refractivity contribution in [1.82, 2.24) is 24.8 Å². The minimum absolute atomic E-state index is 0.0627. The molecule has 1 aliphatic rings. The Labute approximate surface area is 147 Å². The van der Waals surface area contributed by atoms with Crippen LogP contribution in [-0.2, 0) is 11.2 Å². The first-order valence-electron chi connectivity index (χ1n) is 8.40. The number of aromatic nitrogens is 3. The predicted molar refractivity (Wildman–Crippen MR) is 96.9 cm³/mol. The van der Waals surface area contributed by atoms with Crippen molar-refractivity contribution in [3.05, 3.63) is 73.1 Å². The van der Waals surface area contributed by atoms with E-state index in [9.17, 15) is 4.79 Å². The topological polar surface area (TPSA) is 65.1 Å². The molecule has 2 aromatic heterocycles. The number of carbonyl (C=O) groups is 1. The van der Waals surface area contributed by atoms with Gasteiger partial charge in [0.25, 0.3) is 0 Å². The summed E-state index contributed by atoms with van der Waals surface area (Å²) in [5.74, 6) is 0.0627. The molecule has 3 heterocycles. The van der Waals surface area contributed by atoms with Gasteiger partial charge in [-0.1, -0.05) is 18.2 Å². The van der Waals surface area contributed by atoms with Gasteiger partial charge in [0.2, 0.25) is 5.91 Å². The van der Waals surface area contributed by atoms with Crippen molar-refractivity contribution in [2.75, 3.05) is 26.2 Å². The molecule has 0 aromatic carbocycles. The van der Waals surface area contributed by atoms with Gasteiger partial charge in [-0.3, -0.25) is 14.7 Å². The fourth-order valence-corrected chi connectivity index (χ4v) is 3.27. The minimum atomic E-state index is -0.0676. The summed E-state index contributed by atoms with van der Waals surface area (Å²) in [5, 5.41) is 0. The molecule has 0 fully saturated rings. The van der Waals surface area contributed by atoms with Crippen LogP contribution in [0.3, 0.4) is 0 Å². The molecule has 2 aromatic rings. The summed E-state index contributed by atoms with van der Waals surface area (Å²) in [6.07, 6.45) is 9.65. The SMILES string of the molecule is C=CCN(CC=C)C(=O)CN1CCc2[nH]cnc2[C@@H]1c1cccnc1. The average molecular weight is 337 g/mol. The van der Waals surface area contributed by atoms with Crippen LogP contribution < -0.4 is 0 Å². The van der Waals surface area contributed by atoms with E-state index < -0.39 is 0 Å². The van der Waals surface area contributed by atoms with E-state index in [4.69, 9.17) is 0 Å². The molecule has 130 valence electrons. The number of rotatable bonds is 7. The lowest BCUT2D eigenvalue weighted by Gasteiger charge is -2.35. The summed E-state index contributed by atoms with van der Waals surface area (Å²) in [6, 6.07) is 3.88. The van der Waals surface area contributed by atoms with E-state index in [-0.39, 0.29) is 11.9 Å². The van der Waals surface area contributed by atoms with Crippen LogP contribution in [0.2, 0.25) is 0 Å². The zero-order valence-corrected chi connectivity index (χ0v) is 14.3. The first kappa shape index (κ1) is 17.1. The smallest absolute Gasteiger partial charge is 0.237 e. The molecule has 1 amide bonds. The normalized spacial score (nSPS) is 16.9. The van der Waals surface area contributed by atoms with Crippen LogP contribution >= 0.6 is 0 Å². The quantitative estimate of drug-likeness (QED) is 0.785. The number of nitrogens with zero attached hydrogens (tertiary/aromatic N) is 4. The van der Waals surface area contributed by atoms with Crippen molar-refractivity contribution >= 4 is 5.91 Å². The lowest BCUT2D eigenvalue weighted by Crippen LogP contribution is -2.45. The summed E-state index contributed by atoms with van der Waals surface area (Å²) in [7, 11) is 0. The lowest BCUT2D eigenvalue weighted by atomic mass is 9.97. The molecule has 0 radical (unpaired) electrons. The first-order chi connectivity index (χ1) is 12.2. The monoisotopic (exact) mass is 337 g/mol. The van der Waals surface area contributed by atoms with Gasteiger partial charge in [-0.2, -0.15) is 0 Å². The Balaban J connectivity index is 1.85. The van der Waals surface area contributed by atoms with E-state index in [2.05, 4.69) is 33.0 Å². The fraction of sp³-hybridized carbons (Fsp3) is 0.316. The maximum absolute atomic E-state index is 12.8. The molecule has 0 spiro atoms. The van der Waals surface area contributed by atoms with Crippen molar-refractivity contribution in [2.24, 2.45) is 0 Å². The second kappa shape index (κ2) is 7.90. The number of aromatic amines is 1. The van der Waals surface area contributed by atoms with Crippen LogP contribution in [0, 0.1) is 0 Å². The van der Waals surface area contributed by atoms with Crippen molar-refractivity contribution in [3.63, 3.8) is 0 Å². The van der Waals surface area contributed by atoms with Gasteiger partial charge in [0.15, 0.2) is 0 Å². The van der Waals surface area contributed by atoms with E-state index >= 15 is 0 Å². The average Bonchev–Trinajstić information content (AvgIpc) is 3.10. The number of nitrogens with one attached hydrogen (secondary N) is 1. The van der Waals surface area contributed by atoms with Gasteiger partial charge in [0, 0.05) is 44.1 Å². The van der Waals surface area contributed by atoms with Crippen LogP contribution in [-0.4, -0.2) is 56.8 Å². The van der Waals surface area contributed by atoms with E-state index in [1.165, 1.54) is 0 Å². The highest BCUT2D eigenvalue weighted by molar-refractivity contribution is 5.78. The van der Waals surface area contributed by atoms with Crippen LogP contribution in [0.25, 0.3) is 0 Å². The van der Waals surface area contributed by atoms with Gasteiger partial charge >= 0.3 is 0 Å². The lowest BCUT2D eigenvalue weighted by molar-refractivity contribution is -0.132. The van der Waals surface area contributed by atoms with Crippen LogP contribution in [0.1, 0.15) is 23.0 Å². The maximum atomic E-state index is 12.8. The Morgan fingerprint density at radius 2 is 2.20 bits per heavy atom. The van der Waals surface area contributed by atoms with Crippen molar-refractivity contribution in [1.29, 1.82) is 0 Å².